The second-order valence-corrected chi connectivity index (χ2v) is 3.71. The number of urea groups is 1. The van der Waals surface area contributed by atoms with E-state index in [2.05, 4.69) is 5.32 Å². The normalized spacial score (nSPS) is 12.0. The van der Waals surface area contributed by atoms with Crippen LogP contribution in [0.15, 0.2) is 24.3 Å². The Balaban J connectivity index is 2.69. The number of nitrogens with zero attached hydrogens (tertiary/aromatic N) is 1. The Morgan fingerprint density at radius 1 is 1.50 bits per heavy atom. The van der Waals surface area contributed by atoms with Gasteiger partial charge in [0.25, 0.3) is 0 Å². The maximum Gasteiger partial charge on any atom is 0.317 e. The van der Waals surface area contributed by atoms with Crippen LogP contribution in [0.4, 0.5) is 9.18 Å². The SMILES string of the molecule is CCN(C)C(=O)NC(C)c1ccccc1F. The van der Waals surface area contributed by atoms with Crippen LogP contribution in [0.3, 0.4) is 0 Å². The fourth-order valence-corrected chi connectivity index (χ4v) is 1.34. The molecule has 1 rings (SSSR count). The standard InChI is InChI=1S/C12H17FN2O/c1-4-15(3)12(16)14-9(2)10-7-5-6-8-11(10)13/h5-9H,4H2,1-3H3,(H,14,16). The number of hydrogen-bond acceptors (Lipinski definition) is 1. The van der Waals surface area contributed by atoms with Crippen LogP contribution in [0, 0.1) is 5.82 Å². The Morgan fingerprint density at radius 2 is 2.12 bits per heavy atom. The van der Waals surface area contributed by atoms with Gasteiger partial charge >= 0.3 is 6.03 Å². The highest BCUT2D eigenvalue weighted by atomic mass is 19.1. The minimum Gasteiger partial charge on any atom is -0.331 e. The van der Waals surface area contributed by atoms with Gasteiger partial charge in [0.1, 0.15) is 5.82 Å². The summed E-state index contributed by atoms with van der Waals surface area (Å²) in [5, 5.41) is 2.73. The van der Waals surface area contributed by atoms with Gasteiger partial charge in [-0.15, -0.1) is 0 Å². The summed E-state index contributed by atoms with van der Waals surface area (Å²) in [5.41, 5.74) is 0.500. The molecule has 0 aliphatic carbocycles. The summed E-state index contributed by atoms with van der Waals surface area (Å²) in [7, 11) is 1.70. The molecule has 0 aliphatic rings. The highest BCUT2D eigenvalue weighted by molar-refractivity contribution is 5.74. The Kier molecular flexibility index (Phi) is 4.28. The van der Waals surface area contributed by atoms with Crippen LogP contribution in [0.1, 0.15) is 25.5 Å². The van der Waals surface area contributed by atoms with E-state index in [1.165, 1.54) is 11.0 Å². The molecule has 1 aromatic rings. The van der Waals surface area contributed by atoms with E-state index in [0.29, 0.717) is 12.1 Å². The summed E-state index contributed by atoms with van der Waals surface area (Å²) in [4.78, 5) is 13.1. The molecule has 1 atom stereocenters. The van der Waals surface area contributed by atoms with Crippen LogP contribution < -0.4 is 5.32 Å². The molecule has 0 fully saturated rings. The van der Waals surface area contributed by atoms with E-state index in [0.717, 1.165) is 0 Å². The summed E-state index contributed by atoms with van der Waals surface area (Å²) in [6.45, 7) is 4.27. The lowest BCUT2D eigenvalue weighted by Crippen LogP contribution is -2.38. The Morgan fingerprint density at radius 3 is 2.69 bits per heavy atom. The van der Waals surface area contributed by atoms with Crippen molar-refractivity contribution in [2.45, 2.75) is 19.9 Å². The first-order valence-electron chi connectivity index (χ1n) is 5.32. The van der Waals surface area contributed by atoms with Gasteiger partial charge in [0.05, 0.1) is 6.04 Å². The molecule has 0 radical (unpaired) electrons. The minimum atomic E-state index is -0.331. The van der Waals surface area contributed by atoms with Crippen molar-refractivity contribution in [3.63, 3.8) is 0 Å². The third-order valence-corrected chi connectivity index (χ3v) is 2.53. The van der Waals surface area contributed by atoms with E-state index < -0.39 is 0 Å². The van der Waals surface area contributed by atoms with Crippen molar-refractivity contribution in [1.82, 2.24) is 10.2 Å². The number of carbonyl (C=O) groups excluding carboxylic acids is 1. The fraction of sp³-hybridized carbons (Fsp3) is 0.417. The van der Waals surface area contributed by atoms with Gasteiger partial charge < -0.3 is 10.2 Å². The number of nitrogens with one attached hydrogen (secondary N) is 1. The molecule has 0 heterocycles. The third-order valence-electron chi connectivity index (χ3n) is 2.53. The van der Waals surface area contributed by atoms with Crippen LogP contribution >= 0.6 is 0 Å². The van der Waals surface area contributed by atoms with E-state index in [4.69, 9.17) is 0 Å². The molecule has 0 aromatic heterocycles. The first-order valence-corrected chi connectivity index (χ1v) is 5.32. The molecular formula is C12H17FN2O. The lowest BCUT2D eigenvalue weighted by molar-refractivity contribution is 0.207. The maximum absolute atomic E-state index is 13.4. The van der Waals surface area contributed by atoms with Crippen molar-refractivity contribution < 1.29 is 9.18 Å². The average Bonchev–Trinajstić information content (AvgIpc) is 2.28. The molecule has 0 aliphatic heterocycles. The number of hydrogen-bond donors (Lipinski definition) is 1. The van der Waals surface area contributed by atoms with Crippen LogP contribution in [0.5, 0.6) is 0 Å². The van der Waals surface area contributed by atoms with Crippen molar-refractivity contribution in [2.24, 2.45) is 0 Å². The molecule has 1 N–H and O–H groups in total. The molecular weight excluding hydrogens is 207 g/mol. The Bertz CT molecular complexity index is 368. The Labute approximate surface area is 95.3 Å². The zero-order valence-corrected chi connectivity index (χ0v) is 9.83. The van der Waals surface area contributed by atoms with Gasteiger partial charge in [0, 0.05) is 19.2 Å². The summed E-state index contributed by atoms with van der Waals surface area (Å²) in [5.74, 6) is -0.297. The van der Waals surface area contributed by atoms with Crippen molar-refractivity contribution in [2.75, 3.05) is 13.6 Å². The maximum atomic E-state index is 13.4. The molecule has 3 nitrogen and oxygen atoms in total. The quantitative estimate of drug-likeness (QED) is 0.840. The van der Waals surface area contributed by atoms with E-state index in [1.807, 2.05) is 6.92 Å². The van der Waals surface area contributed by atoms with Crippen molar-refractivity contribution in [1.29, 1.82) is 0 Å². The second-order valence-electron chi connectivity index (χ2n) is 3.71. The molecule has 0 bridgehead atoms. The number of benzene rings is 1. The molecule has 0 saturated carbocycles. The van der Waals surface area contributed by atoms with E-state index in [1.54, 1.807) is 32.2 Å². The van der Waals surface area contributed by atoms with Crippen LogP contribution in [-0.4, -0.2) is 24.5 Å². The molecule has 0 saturated heterocycles. The van der Waals surface area contributed by atoms with Gasteiger partial charge in [-0.2, -0.15) is 0 Å². The van der Waals surface area contributed by atoms with Gasteiger partial charge in [-0.3, -0.25) is 0 Å². The van der Waals surface area contributed by atoms with Gasteiger partial charge in [-0.1, -0.05) is 18.2 Å². The largest absolute Gasteiger partial charge is 0.331 e. The second kappa shape index (κ2) is 5.49. The number of halogens is 1. The number of carbonyl (C=O) groups is 1. The predicted molar refractivity (Wildman–Crippen MR) is 61.7 cm³/mol. The van der Waals surface area contributed by atoms with Crippen molar-refractivity contribution in [3.05, 3.63) is 35.6 Å². The number of amides is 2. The van der Waals surface area contributed by atoms with Gasteiger partial charge in [-0.05, 0) is 19.9 Å². The lowest BCUT2D eigenvalue weighted by Gasteiger charge is -2.20. The molecule has 2 amide bonds. The van der Waals surface area contributed by atoms with Crippen molar-refractivity contribution >= 4 is 6.03 Å². The lowest BCUT2D eigenvalue weighted by atomic mass is 10.1. The smallest absolute Gasteiger partial charge is 0.317 e. The molecule has 4 heteroatoms. The predicted octanol–water partition coefficient (Wildman–Crippen LogP) is 2.55. The highest BCUT2D eigenvalue weighted by Gasteiger charge is 2.14. The third kappa shape index (κ3) is 2.95. The number of rotatable bonds is 3. The monoisotopic (exact) mass is 224 g/mol. The summed E-state index contributed by atoms with van der Waals surface area (Å²) < 4.78 is 13.4. The van der Waals surface area contributed by atoms with Gasteiger partial charge in [0.2, 0.25) is 0 Å². The zero-order chi connectivity index (χ0) is 12.1. The first kappa shape index (κ1) is 12.5. The summed E-state index contributed by atoms with van der Waals surface area (Å²) in [6, 6.07) is 5.92. The minimum absolute atomic E-state index is 0.196. The van der Waals surface area contributed by atoms with Crippen molar-refractivity contribution in [3.8, 4) is 0 Å². The molecule has 16 heavy (non-hydrogen) atoms. The Hall–Kier alpha value is -1.58. The van der Waals surface area contributed by atoms with Crippen LogP contribution in [0.2, 0.25) is 0 Å². The topological polar surface area (TPSA) is 32.3 Å². The summed E-state index contributed by atoms with van der Waals surface area (Å²) >= 11 is 0. The average molecular weight is 224 g/mol. The van der Waals surface area contributed by atoms with E-state index in [-0.39, 0.29) is 17.9 Å². The van der Waals surface area contributed by atoms with Crippen LogP contribution in [-0.2, 0) is 0 Å². The molecule has 88 valence electrons. The van der Waals surface area contributed by atoms with Gasteiger partial charge in [0.15, 0.2) is 0 Å². The highest BCUT2D eigenvalue weighted by Crippen LogP contribution is 2.15. The van der Waals surface area contributed by atoms with E-state index in [9.17, 15) is 9.18 Å². The molecule has 1 unspecified atom stereocenters. The molecule has 1 aromatic carbocycles. The van der Waals surface area contributed by atoms with Crippen LogP contribution in [0.25, 0.3) is 0 Å². The van der Waals surface area contributed by atoms with Gasteiger partial charge in [-0.25, -0.2) is 9.18 Å². The zero-order valence-electron chi connectivity index (χ0n) is 9.83. The summed E-state index contributed by atoms with van der Waals surface area (Å²) in [6.07, 6.45) is 0. The fourth-order valence-electron chi connectivity index (χ4n) is 1.34. The first-order chi connectivity index (χ1) is 7.56. The molecule has 0 spiro atoms. The van der Waals surface area contributed by atoms with E-state index >= 15 is 0 Å².